The zero-order valence-corrected chi connectivity index (χ0v) is 13.0. The Hall–Kier alpha value is -0.580. The molecule has 0 unspecified atom stereocenters. The Labute approximate surface area is 118 Å². The summed E-state index contributed by atoms with van der Waals surface area (Å²) in [5.41, 5.74) is 2.40. The van der Waals surface area contributed by atoms with Gasteiger partial charge in [0.15, 0.2) is 0 Å². The molecular formula is C14H23BrN2O. The Morgan fingerprint density at radius 1 is 1.39 bits per heavy atom. The number of anilines is 1. The summed E-state index contributed by atoms with van der Waals surface area (Å²) in [6.07, 6.45) is 0. The maximum atomic E-state index is 9.12. The minimum Gasteiger partial charge on any atom is -0.395 e. The molecule has 0 aromatic heterocycles. The van der Waals surface area contributed by atoms with Gasteiger partial charge in [-0.2, -0.15) is 0 Å². The third-order valence-corrected chi connectivity index (χ3v) is 3.64. The molecule has 0 saturated carbocycles. The van der Waals surface area contributed by atoms with Crippen molar-refractivity contribution >= 4 is 21.6 Å². The number of nitrogens with one attached hydrogen (secondary N) is 1. The highest BCUT2D eigenvalue weighted by Crippen LogP contribution is 2.25. The van der Waals surface area contributed by atoms with Crippen molar-refractivity contribution in [3.8, 4) is 0 Å². The molecule has 2 N–H and O–H groups in total. The number of hydrogen-bond donors (Lipinski definition) is 2. The molecule has 102 valence electrons. The fourth-order valence-corrected chi connectivity index (χ4v) is 2.42. The average molecular weight is 315 g/mol. The molecule has 0 saturated heterocycles. The lowest BCUT2D eigenvalue weighted by Gasteiger charge is -2.28. The van der Waals surface area contributed by atoms with Gasteiger partial charge in [-0.15, -0.1) is 0 Å². The van der Waals surface area contributed by atoms with Gasteiger partial charge in [0.25, 0.3) is 0 Å². The Bertz CT molecular complexity index is 369. The lowest BCUT2D eigenvalue weighted by atomic mass is 10.1. The van der Waals surface area contributed by atoms with Crippen LogP contribution in [0, 0.1) is 0 Å². The summed E-state index contributed by atoms with van der Waals surface area (Å²) in [4.78, 5) is 2.20. The van der Waals surface area contributed by atoms with Crippen molar-refractivity contribution in [1.29, 1.82) is 0 Å². The van der Waals surface area contributed by atoms with Crippen molar-refractivity contribution in [1.82, 2.24) is 5.32 Å². The van der Waals surface area contributed by atoms with Gasteiger partial charge in [0.05, 0.1) is 6.61 Å². The fraction of sp³-hybridized carbons (Fsp3) is 0.571. The highest BCUT2D eigenvalue weighted by atomic mass is 79.9. The van der Waals surface area contributed by atoms with E-state index < -0.39 is 0 Å². The fourth-order valence-electron chi connectivity index (χ4n) is 1.91. The summed E-state index contributed by atoms with van der Waals surface area (Å²) in [6.45, 7) is 9.05. The monoisotopic (exact) mass is 314 g/mol. The Kier molecular flexibility index (Phi) is 6.68. The van der Waals surface area contributed by atoms with E-state index in [0.29, 0.717) is 12.6 Å². The third-order valence-electron chi connectivity index (χ3n) is 2.90. The van der Waals surface area contributed by atoms with E-state index in [2.05, 4.69) is 65.1 Å². The van der Waals surface area contributed by atoms with Gasteiger partial charge in [-0.1, -0.05) is 28.9 Å². The second-order valence-electron chi connectivity index (χ2n) is 4.57. The lowest BCUT2D eigenvalue weighted by Crippen LogP contribution is -2.33. The number of nitrogens with zero attached hydrogens (tertiary/aromatic N) is 1. The predicted molar refractivity (Wildman–Crippen MR) is 81.1 cm³/mol. The summed E-state index contributed by atoms with van der Waals surface area (Å²) in [7, 11) is 0. The number of rotatable bonds is 7. The van der Waals surface area contributed by atoms with Gasteiger partial charge < -0.3 is 15.3 Å². The molecule has 1 aromatic rings. The second kappa shape index (κ2) is 7.77. The molecule has 0 atom stereocenters. The number of aliphatic hydroxyl groups excluding tert-OH is 1. The molecule has 3 nitrogen and oxygen atoms in total. The van der Waals surface area contributed by atoms with Crippen LogP contribution in [0.25, 0.3) is 0 Å². The van der Waals surface area contributed by atoms with Gasteiger partial charge in [-0.05, 0) is 38.1 Å². The molecule has 0 radical (unpaired) electrons. The van der Waals surface area contributed by atoms with E-state index in [-0.39, 0.29) is 6.61 Å². The van der Waals surface area contributed by atoms with E-state index in [4.69, 9.17) is 5.11 Å². The molecule has 1 aromatic carbocycles. The van der Waals surface area contributed by atoms with Crippen molar-refractivity contribution in [3.63, 3.8) is 0 Å². The summed E-state index contributed by atoms with van der Waals surface area (Å²) in [5, 5.41) is 12.4. The van der Waals surface area contributed by atoms with Crippen molar-refractivity contribution in [2.75, 3.05) is 24.6 Å². The van der Waals surface area contributed by atoms with Crippen molar-refractivity contribution in [3.05, 3.63) is 28.2 Å². The van der Waals surface area contributed by atoms with Gasteiger partial charge in [0, 0.05) is 29.3 Å². The van der Waals surface area contributed by atoms with Gasteiger partial charge in [0.2, 0.25) is 0 Å². The predicted octanol–water partition coefficient (Wildman–Crippen LogP) is 2.77. The van der Waals surface area contributed by atoms with Gasteiger partial charge in [-0.25, -0.2) is 0 Å². The molecule has 18 heavy (non-hydrogen) atoms. The number of hydrogen-bond acceptors (Lipinski definition) is 3. The maximum absolute atomic E-state index is 9.12. The lowest BCUT2D eigenvalue weighted by molar-refractivity contribution is 0.299. The molecule has 0 bridgehead atoms. The number of benzene rings is 1. The van der Waals surface area contributed by atoms with Gasteiger partial charge in [0.1, 0.15) is 0 Å². The summed E-state index contributed by atoms with van der Waals surface area (Å²) in [5.74, 6) is 0. The SMILES string of the molecule is CCNCc1ccc(N(CCO)C(C)C)cc1Br. The molecule has 4 heteroatoms. The third kappa shape index (κ3) is 4.26. The van der Waals surface area contributed by atoms with Crippen molar-refractivity contribution in [2.24, 2.45) is 0 Å². The molecule has 0 spiro atoms. The number of aliphatic hydroxyl groups is 1. The smallest absolute Gasteiger partial charge is 0.0606 e. The molecule has 1 rings (SSSR count). The minimum absolute atomic E-state index is 0.176. The van der Waals surface area contributed by atoms with E-state index in [9.17, 15) is 0 Å². The molecule has 0 aliphatic carbocycles. The van der Waals surface area contributed by atoms with Crippen LogP contribution in [-0.4, -0.2) is 30.8 Å². The van der Waals surface area contributed by atoms with Crippen molar-refractivity contribution in [2.45, 2.75) is 33.4 Å². The van der Waals surface area contributed by atoms with E-state index in [1.54, 1.807) is 0 Å². The van der Waals surface area contributed by atoms with Crippen LogP contribution in [-0.2, 0) is 6.54 Å². The standard InChI is InChI=1S/C14H23BrN2O/c1-4-16-10-12-5-6-13(9-14(12)15)17(7-8-18)11(2)3/h5-6,9,11,16,18H,4,7-8,10H2,1-3H3. The van der Waals surface area contributed by atoms with Crippen LogP contribution in [0.5, 0.6) is 0 Å². The van der Waals surface area contributed by atoms with Crippen LogP contribution in [0.1, 0.15) is 26.3 Å². The van der Waals surface area contributed by atoms with E-state index in [1.807, 2.05) is 0 Å². The quantitative estimate of drug-likeness (QED) is 0.812. The van der Waals surface area contributed by atoms with Gasteiger partial charge in [-0.3, -0.25) is 0 Å². The first-order valence-electron chi connectivity index (χ1n) is 6.46. The number of halogens is 1. The summed E-state index contributed by atoms with van der Waals surface area (Å²) < 4.78 is 1.12. The Balaban J connectivity index is 2.87. The minimum atomic E-state index is 0.176. The molecule has 0 heterocycles. The molecule has 0 aliphatic rings. The highest BCUT2D eigenvalue weighted by Gasteiger charge is 2.11. The topological polar surface area (TPSA) is 35.5 Å². The first kappa shape index (κ1) is 15.5. The normalized spacial score (nSPS) is 11.0. The van der Waals surface area contributed by atoms with Crippen LogP contribution in [0.2, 0.25) is 0 Å². The van der Waals surface area contributed by atoms with Crippen LogP contribution in [0.3, 0.4) is 0 Å². The Morgan fingerprint density at radius 3 is 2.61 bits per heavy atom. The van der Waals surface area contributed by atoms with E-state index >= 15 is 0 Å². The van der Waals surface area contributed by atoms with Crippen LogP contribution in [0.4, 0.5) is 5.69 Å². The first-order valence-corrected chi connectivity index (χ1v) is 7.26. The molecular weight excluding hydrogens is 292 g/mol. The molecule has 0 amide bonds. The maximum Gasteiger partial charge on any atom is 0.0606 e. The summed E-state index contributed by atoms with van der Waals surface area (Å²) >= 11 is 3.62. The zero-order chi connectivity index (χ0) is 13.5. The first-order chi connectivity index (χ1) is 8.60. The largest absolute Gasteiger partial charge is 0.395 e. The summed E-state index contributed by atoms with van der Waals surface area (Å²) in [6, 6.07) is 6.76. The van der Waals surface area contributed by atoms with Crippen molar-refractivity contribution < 1.29 is 5.11 Å². The molecule has 0 fully saturated rings. The Morgan fingerprint density at radius 2 is 2.11 bits per heavy atom. The van der Waals surface area contributed by atoms with Crippen LogP contribution >= 0.6 is 15.9 Å². The second-order valence-corrected chi connectivity index (χ2v) is 5.42. The van der Waals surface area contributed by atoms with E-state index in [1.165, 1.54) is 5.56 Å². The molecule has 0 aliphatic heterocycles. The average Bonchev–Trinajstić information content (AvgIpc) is 2.34. The van der Waals surface area contributed by atoms with Crippen LogP contribution < -0.4 is 10.2 Å². The van der Waals surface area contributed by atoms with Crippen LogP contribution in [0.15, 0.2) is 22.7 Å². The van der Waals surface area contributed by atoms with Gasteiger partial charge >= 0.3 is 0 Å². The zero-order valence-electron chi connectivity index (χ0n) is 11.4. The highest BCUT2D eigenvalue weighted by molar-refractivity contribution is 9.10. The van der Waals surface area contributed by atoms with E-state index in [0.717, 1.165) is 23.2 Å².